The van der Waals surface area contributed by atoms with Crippen molar-refractivity contribution >= 4 is 11.6 Å². The lowest BCUT2D eigenvalue weighted by Gasteiger charge is -2.16. The van der Waals surface area contributed by atoms with Crippen molar-refractivity contribution in [2.24, 2.45) is 0 Å². The molecule has 1 fully saturated rings. The van der Waals surface area contributed by atoms with Crippen molar-refractivity contribution in [3.05, 3.63) is 52.8 Å². The number of hydrogen-bond donors (Lipinski definition) is 1. The van der Waals surface area contributed by atoms with E-state index in [1.807, 2.05) is 24.5 Å². The summed E-state index contributed by atoms with van der Waals surface area (Å²) in [5.74, 6) is 0.582. The van der Waals surface area contributed by atoms with Crippen molar-refractivity contribution in [2.75, 3.05) is 19.6 Å². The van der Waals surface area contributed by atoms with Crippen molar-refractivity contribution in [2.45, 2.75) is 18.8 Å². The normalized spacial score (nSPS) is 19.9. The first-order valence-electron chi connectivity index (χ1n) is 6.77. The van der Waals surface area contributed by atoms with Crippen molar-refractivity contribution < 1.29 is 0 Å². The van der Waals surface area contributed by atoms with Crippen molar-refractivity contribution in [3.63, 3.8) is 0 Å². The molecule has 2 heterocycles. The van der Waals surface area contributed by atoms with Gasteiger partial charge in [-0.15, -0.1) is 0 Å². The standard InChI is InChI=1S/C15H18ClN3/c16-15-4-2-1-3-14(15)13-6-8-19(11-13)7-5-12-9-17-18-10-12/h1-4,9-10,13H,5-8,11H2,(H,17,18)/t13-/m1/s1. The molecule has 1 saturated heterocycles. The zero-order valence-electron chi connectivity index (χ0n) is 10.8. The van der Waals surface area contributed by atoms with E-state index in [2.05, 4.69) is 27.2 Å². The molecule has 0 amide bonds. The Hall–Kier alpha value is -1.32. The maximum atomic E-state index is 6.28. The fourth-order valence-corrected chi connectivity index (χ4v) is 3.09. The summed E-state index contributed by atoms with van der Waals surface area (Å²) in [4.78, 5) is 2.51. The van der Waals surface area contributed by atoms with Gasteiger partial charge >= 0.3 is 0 Å². The summed E-state index contributed by atoms with van der Waals surface area (Å²) in [7, 11) is 0. The molecule has 3 nitrogen and oxygen atoms in total. The van der Waals surface area contributed by atoms with Crippen LogP contribution in [0, 0.1) is 0 Å². The average Bonchev–Trinajstić information content (AvgIpc) is 3.08. The molecule has 1 aliphatic heterocycles. The number of H-pyrrole nitrogens is 1. The first-order valence-corrected chi connectivity index (χ1v) is 7.15. The Kier molecular flexibility index (Phi) is 3.85. The zero-order chi connectivity index (χ0) is 13.1. The highest BCUT2D eigenvalue weighted by molar-refractivity contribution is 6.31. The van der Waals surface area contributed by atoms with Crippen molar-refractivity contribution in [3.8, 4) is 0 Å². The third-order valence-electron chi connectivity index (χ3n) is 3.89. The Morgan fingerprint density at radius 2 is 2.26 bits per heavy atom. The van der Waals surface area contributed by atoms with E-state index in [0.29, 0.717) is 5.92 Å². The summed E-state index contributed by atoms with van der Waals surface area (Å²) in [6, 6.07) is 8.23. The number of nitrogens with one attached hydrogen (secondary N) is 1. The summed E-state index contributed by atoms with van der Waals surface area (Å²) in [6.45, 7) is 3.37. The van der Waals surface area contributed by atoms with Crippen LogP contribution in [-0.2, 0) is 6.42 Å². The fourth-order valence-electron chi connectivity index (χ4n) is 2.80. The van der Waals surface area contributed by atoms with E-state index in [9.17, 15) is 0 Å². The van der Waals surface area contributed by atoms with Crippen LogP contribution in [0.25, 0.3) is 0 Å². The fraction of sp³-hybridized carbons (Fsp3) is 0.400. The van der Waals surface area contributed by atoms with Crippen LogP contribution >= 0.6 is 11.6 Å². The van der Waals surface area contributed by atoms with E-state index in [-0.39, 0.29) is 0 Å². The number of benzene rings is 1. The number of aromatic nitrogens is 2. The first kappa shape index (κ1) is 12.7. The van der Waals surface area contributed by atoms with Crippen LogP contribution in [0.4, 0.5) is 0 Å². The summed E-state index contributed by atoms with van der Waals surface area (Å²) in [6.07, 6.45) is 6.14. The monoisotopic (exact) mass is 275 g/mol. The lowest BCUT2D eigenvalue weighted by atomic mass is 9.98. The minimum atomic E-state index is 0.582. The molecule has 0 radical (unpaired) electrons. The summed E-state index contributed by atoms with van der Waals surface area (Å²) >= 11 is 6.28. The predicted molar refractivity (Wildman–Crippen MR) is 77.5 cm³/mol. The van der Waals surface area contributed by atoms with Gasteiger partial charge in [-0.2, -0.15) is 5.10 Å². The summed E-state index contributed by atoms with van der Waals surface area (Å²) in [5.41, 5.74) is 2.58. The van der Waals surface area contributed by atoms with Crippen LogP contribution in [-0.4, -0.2) is 34.7 Å². The molecule has 0 unspecified atom stereocenters. The van der Waals surface area contributed by atoms with Gasteiger partial charge in [0.05, 0.1) is 6.20 Å². The highest BCUT2D eigenvalue weighted by Gasteiger charge is 2.24. The van der Waals surface area contributed by atoms with Crippen LogP contribution < -0.4 is 0 Å². The van der Waals surface area contributed by atoms with Crippen LogP contribution in [0.3, 0.4) is 0 Å². The Morgan fingerprint density at radius 1 is 1.37 bits per heavy atom. The predicted octanol–water partition coefficient (Wildman–Crippen LogP) is 3.10. The van der Waals surface area contributed by atoms with Gasteiger partial charge in [-0.1, -0.05) is 29.8 Å². The van der Waals surface area contributed by atoms with Gasteiger partial charge in [-0.3, -0.25) is 5.10 Å². The van der Waals surface area contributed by atoms with E-state index < -0.39 is 0 Å². The van der Waals surface area contributed by atoms with Gasteiger partial charge in [-0.05, 0) is 42.5 Å². The van der Waals surface area contributed by atoms with Crippen LogP contribution in [0.15, 0.2) is 36.7 Å². The smallest absolute Gasteiger partial charge is 0.0519 e. The van der Waals surface area contributed by atoms with Gasteiger partial charge in [0.25, 0.3) is 0 Å². The molecule has 19 heavy (non-hydrogen) atoms. The lowest BCUT2D eigenvalue weighted by molar-refractivity contribution is 0.339. The third-order valence-corrected chi connectivity index (χ3v) is 4.23. The molecule has 0 aliphatic carbocycles. The average molecular weight is 276 g/mol. The number of nitrogens with zero attached hydrogens (tertiary/aromatic N) is 2. The molecule has 1 atom stereocenters. The molecule has 4 heteroatoms. The minimum absolute atomic E-state index is 0.582. The molecular weight excluding hydrogens is 258 g/mol. The molecule has 2 aromatic rings. The van der Waals surface area contributed by atoms with Gasteiger partial charge in [0.15, 0.2) is 0 Å². The largest absolute Gasteiger partial charge is 0.302 e. The molecule has 0 spiro atoms. The van der Waals surface area contributed by atoms with E-state index in [1.165, 1.54) is 17.5 Å². The quantitative estimate of drug-likeness (QED) is 0.930. The van der Waals surface area contributed by atoms with Crippen LogP contribution in [0.1, 0.15) is 23.5 Å². The molecule has 1 aliphatic rings. The van der Waals surface area contributed by atoms with Gasteiger partial charge in [-0.25, -0.2) is 0 Å². The highest BCUT2D eigenvalue weighted by Crippen LogP contribution is 2.31. The second-order valence-electron chi connectivity index (χ2n) is 5.16. The number of aromatic amines is 1. The Bertz CT molecular complexity index is 524. The van der Waals surface area contributed by atoms with Crippen molar-refractivity contribution in [1.29, 1.82) is 0 Å². The molecule has 0 saturated carbocycles. The van der Waals surface area contributed by atoms with E-state index >= 15 is 0 Å². The molecular formula is C15H18ClN3. The van der Waals surface area contributed by atoms with Crippen LogP contribution in [0.5, 0.6) is 0 Å². The lowest BCUT2D eigenvalue weighted by Crippen LogP contribution is -2.23. The Balaban J connectivity index is 1.57. The van der Waals surface area contributed by atoms with Gasteiger partial charge in [0.2, 0.25) is 0 Å². The van der Waals surface area contributed by atoms with Crippen molar-refractivity contribution in [1.82, 2.24) is 15.1 Å². The molecule has 1 aromatic heterocycles. The van der Waals surface area contributed by atoms with Gasteiger partial charge in [0, 0.05) is 24.3 Å². The van der Waals surface area contributed by atoms with Crippen LogP contribution in [0.2, 0.25) is 5.02 Å². The number of likely N-dealkylation sites (tertiary alicyclic amines) is 1. The zero-order valence-corrected chi connectivity index (χ0v) is 11.6. The second kappa shape index (κ2) is 5.76. The Labute approximate surface area is 118 Å². The maximum absolute atomic E-state index is 6.28. The van der Waals surface area contributed by atoms with Gasteiger partial charge < -0.3 is 4.90 Å². The molecule has 3 rings (SSSR count). The maximum Gasteiger partial charge on any atom is 0.0519 e. The van der Waals surface area contributed by atoms with Gasteiger partial charge in [0.1, 0.15) is 0 Å². The molecule has 0 bridgehead atoms. The SMILES string of the molecule is Clc1ccccc1[C@@H]1CCN(CCc2cn[nH]c2)C1. The molecule has 1 aromatic carbocycles. The summed E-state index contributed by atoms with van der Waals surface area (Å²) < 4.78 is 0. The number of hydrogen-bond acceptors (Lipinski definition) is 2. The minimum Gasteiger partial charge on any atom is -0.302 e. The number of halogens is 1. The summed E-state index contributed by atoms with van der Waals surface area (Å²) in [5, 5.41) is 7.75. The van der Waals surface area contributed by atoms with E-state index in [1.54, 1.807) is 0 Å². The topological polar surface area (TPSA) is 31.9 Å². The van der Waals surface area contributed by atoms with E-state index in [0.717, 1.165) is 31.1 Å². The molecule has 1 N–H and O–H groups in total. The molecule has 100 valence electrons. The second-order valence-corrected chi connectivity index (χ2v) is 5.57. The highest BCUT2D eigenvalue weighted by atomic mass is 35.5. The third kappa shape index (κ3) is 2.99. The number of rotatable bonds is 4. The van der Waals surface area contributed by atoms with E-state index in [4.69, 9.17) is 11.6 Å². The Morgan fingerprint density at radius 3 is 3.05 bits per heavy atom. The first-order chi connectivity index (χ1) is 9.33.